The minimum absolute atomic E-state index is 0.260. The van der Waals surface area contributed by atoms with E-state index in [-0.39, 0.29) is 6.61 Å². The van der Waals surface area contributed by atoms with E-state index in [9.17, 15) is 0 Å². The average molecular weight is 187 g/mol. The van der Waals surface area contributed by atoms with Gasteiger partial charge in [-0.1, -0.05) is 6.07 Å². The third-order valence-corrected chi connectivity index (χ3v) is 2.92. The molecular formula is C12H13NO. The second-order valence-corrected chi connectivity index (χ2v) is 3.89. The first-order valence-electron chi connectivity index (χ1n) is 4.96. The van der Waals surface area contributed by atoms with Gasteiger partial charge in [0.2, 0.25) is 0 Å². The lowest BCUT2D eigenvalue weighted by Gasteiger charge is -2.22. The fourth-order valence-corrected chi connectivity index (χ4v) is 2.06. The SMILES string of the molecule is N#Cc1ccc2c(c1)CC(CO)CC2. The van der Waals surface area contributed by atoms with E-state index >= 15 is 0 Å². The topological polar surface area (TPSA) is 44.0 Å². The Balaban J connectivity index is 2.31. The van der Waals surface area contributed by atoms with Gasteiger partial charge >= 0.3 is 0 Å². The van der Waals surface area contributed by atoms with Crippen molar-refractivity contribution in [2.24, 2.45) is 5.92 Å². The van der Waals surface area contributed by atoms with Crippen LogP contribution in [-0.4, -0.2) is 11.7 Å². The van der Waals surface area contributed by atoms with Crippen molar-refractivity contribution in [1.29, 1.82) is 5.26 Å². The maximum Gasteiger partial charge on any atom is 0.0991 e. The number of rotatable bonds is 1. The van der Waals surface area contributed by atoms with Gasteiger partial charge in [-0.15, -0.1) is 0 Å². The Kier molecular flexibility index (Phi) is 2.51. The molecule has 2 heteroatoms. The number of fused-ring (bicyclic) bond motifs is 1. The largest absolute Gasteiger partial charge is 0.396 e. The van der Waals surface area contributed by atoms with Crippen molar-refractivity contribution in [3.8, 4) is 6.07 Å². The van der Waals surface area contributed by atoms with Crippen molar-refractivity contribution in [3.05, 3.63) is 34.9 Å². The highest BCUT2D eigenvalue weighted by molar-refractivity contribution is 5.39. The number of benzene rings is 1. The summed E-state index contributed by atoms with van der Waals surface area (Å²) in [5.74, 6) is 0.386. The minimum Gasteiger partial charge on any atom is -0.396 e. The molecule has 1 unspecified atom stereocenters. The van der Waals surface area contributed by atoms with Gasteiger partial charge in [0, 0.05) is 6.61 Å². The van der Waals surface area contributed by atoms with Crippen LogP contribution in [0.4, 0.5) is 0 Å². The molecule has 0 amide bonds. The molecule has 72 valence electrons. The molecule has 14 heavy (non-hydrogen) atoms. The van der Waals surface area contributed by atoms with E-state index in [1.54, 1.807) is 0 Å². The van der Waals surface area contributed by atoms with Crippen LogP contribution in [0.5, 0.6) is 0 Å². The second kappa shape index (κ2) is 3.81. The molecule has 1 aromatic carbocycles. The van der Waals surface area contributed by atoms with Gasteiger partial charge in [-0.2, -0.15) is 5.26 Å². The Morgan fingerprint density at radius 2 is 2.29 bits per heavy atom. The third-order valence-electron chi connectivity index (χ3n) is 2.92. The molecule has 0 bridgehead atoms. The fourth-order valence-electron chi connectivity index (χ4n) is 2.06. The predicted molar refractivity (Wildman–Crippen MR) is 53.8 cm³/mol. The lowest BCUT2D eigenvalue weighted by atomic mass is 9.84. The Labute approximate surface area is 83.8 Å². The second-order valence-electron chi connectivity index (χ2n) is 3.89. The van der Waals surface area contributed by atoms with Crippen molar-refractivity contribution in [3.63, 3.8) is 0 Å². The van der Waals surface area contributed by atoms with Gasteiger partial charge in [-0.05, 0) is 48.4 Å². The van der Waals surface area contributed by atoms with Crippen LogP contribution in [0.2, 0.25) is 0 Å². The van der Waals surface area contributed by atoms with E-state index in [0.29, 0.717) is 5.92 Å². The highest BCUT2D eigenvalue weighted by Gasteiger charge is 2.17. The zero-order valence-electron chi connectivity index (χ0n) is 8.03. The number of aliphatic hydroxyl groups is 1. The first-order chi connectivity index (χ1) is 6.83. The van der Waals surface area contributed by atoms with Crippen LogP contribution in [0.15, 0.2) is 18.2 Å². The van der Waals surface area contributed by atoms with Crippen molar-refractivity contribution in [2.45, 2.75) is 19.3 Å². The maximum absolute atomic E-state index is 9.08. The van der Waals surface area contributed by atoms with Crippen LogP contribution in [0.1, 0.15) is 23.1 Å². The Morgan fingerprint density at radius 3 is 3.00 bits per heavy atom. The molecule has 0 heterocycles. The molecular weight excluding hydrogens is 174 g/mol. The highest BCUT2D eigenvalue weighted by atomic mass is 16.3. The number of hydrogen-bond donors (Lipinski definition) is 1. The van der Waals surface area contributed by atoms with E-state index in [0.717, 1.165) is 24.8 Å². The van der Waals surface area contributed by atoms with Gasteiger partial charge in [0.05, 0.1) is 11.6 Å². The lowest BCUT2D eigenvalue weighted by molar-refractivity contribution is 0.213. The number of aryl methyl sites for hydroxylation is 1. The van der Waals surface area contributed by atoms with Crippen LogP contribution in [0, 0.1) is 17.2 Å². The van der Waals surface area contributed by atoms with Crippen molar-refractivity contribution >= 4 is 0 Å². The summed E-state index contributed by atoms with van der Waals surface area (Å²) in [7, 11) is 0. The van der Waals surface area contributed by atoms with Gasteiger partial charge in [0.1, 0.15) is 0 Å². The van der Waals surface area contributed by atoms with Gasteiger partial charge in [-0.3, -0.25) is 0 Å². The summed E-state index contributed by atoms with van der Waals surface area (Å²) in [4.78, 5) is 0. The summed E-state index contributed by atoms with van der Waals surface area (Å²) in [6.45, 7) is 0.260. The third kappa shape index (κ3) is 1.64. The van der Waals surface area contributed by atoms with Gasteiger partial charge in [0.15, 0.2) is 0 Å². The van der Waals surface area contributed by atoms with Crippen molar-refractivity contribution in [1.82, 2.24) is 0 Å². The Morgan fingerprint density at radius 1 is 1.43 bits per heavy atom. The quantitative estimate of drug-likeness (QED) is 0.726. The summed E-state index contributed by atoms with van der Waals surface area (Å²) in [6.07, 6.45) is 3.02. The monoisotopic (exact) mass is 187 g/mol. The first kappa shape index (κ1) is 9.23. The highest BCUT2D eigenvalue weighted by Crippen LogP contribution is 2.25. The van der Waals surface area contributed by atoms with Gasteiger partial charge in [-0.25, -0.2) is 0 Å². The van der Waals surface area contributed by atoms with E-state index in [2.05, 4.69) is 6.07 Å². The van der Waals surface area contributed by atoms with Gasteiger partial charge < -0.3 is 5.11 Å². The minimum atomic E-state index is 0.260. The number of hydrogen-bond acceptors (Lipinski definition) is 2. The smallest absolute Gasteiger partial charge is 0.0991 e. The normalized spacial score (nSPS) is 19.9. The number of nitriles is 1. The van der Waals surface area contributed by atoms with Crippen LogP contribution in [0.3, 0.4) is 0 Å². The van der Waals surface area contributed by atoms with Crippen LogP contribution < -0.4 is 0 Å². The number of nitrogens with zero attached hydrogens (tertiary/aromatic N) is 1. The van der Waals surface area contributed by atoms with Crippen LogP contribution in [0.25, 0.3) is 0 Å². The summed E-state index contributed by atoms with van der Waals surface area (Å²) in [6, 6.07) is 8.02. The maximum atomic E-state index is 9.08. The molecule has 0 saturated heterocycles. The van der Waals surface area contributed by atoms with Crippen LogP contribution >= 0.6 is 0 Å². The molecule has 2 rings (SSSR count). The van der Waals surface area contributed by atoms with Crippen molar-refractivity contribution < 1.29 is 5.11 Å². The Bertz CT molecular complexity index is 378. The Hall–Kier alpha value is -1.33. The van der Waals surface area contributed by atoms with E-state index in [4.69, 9.17) is 10.4 Å². The summed E-state index contributed by atoms with van der Waals surface area (Å²) >= 11 is 0. The van der Waals surface area contributed by atoms with E-state index < -0.39 is 0 Å². The molecule has 0 spiro atoms. The molecule has 0 aliphatic heterocycles. The predicted octanol–water partition coefficient (Wildman–Crippen LogP) is 1.66. The summed E-state index contributed by atoms with van der Waals surface area (Å²) < 4.78 is 0. The molecule has 0 fully saturated rings. The zero-order chi connectivity index (χ0) is 9.97. The van der Waals surface area contributed by atoms with E-state index in [1.165, 1.54) is 11.1 Å². The molecule has 1 aliphatic carbocycles. The standard InChI is InChI=1S/C12H13NO/c13-7-9-1-3-11-4-2-10(8-14)6-12(11)5-9/h1,3,5,10,14H,2,4,6,8H2. The summed E-state index contributed by atoms with van der Waals surface area (Å²) in [5.41, 5.74) is 3.31. The lowest BCUT2D eigenvalue weighted by Crippen LogP contribution is -2.17. The molecule has 1 N–H and O–H groups in total. The van der Waals surface area contributed by atoms with Crippen LogP contribution in [-0.2, 0) is 12.8 Å². The van der Waals surface area contributed by atoms with Crippen molar-refractivity contribution in [2.75, 3.05) is 6.61 Å². The molecule has 0 aromatic heterocycles. The summed E-state index contributed by atoms with van der Waals surface area (Å²) in [5, 5.41) is 17.8. The molecule has 0 radical (unpaired) electrons. The van der Waals surface area contributed by atoms with E-state index in [1.807, 2.05) is 18.2 Å². The number of aliphatic hydroxyl groups excluding tert-OH is 1. The molecule has 2 nitrogen and oxygen atoms in total. The molecule has 1 aromatic rings. The first-order valence-corrected chi connectivity index (χ1v) is 4.96. The molecule has 0 saturated carbocycles. The van der Waals surface area contributed by atoms with Gasteiger partial charge in [0.25, 0.3) is 0 Å². The zero-order valence-corrected chi connectivity index (χ0v) is 8.03. The molecule has 1 atom stereocenters. The molecule has 1 aliphatic rings. The average Bonchev–Trinajstić information content (AvgIpc) is 2.27. The fraction of sp³-hybridized carbons (Fsp3) is 0.417.